The van der Waals surface area contributed by atoms with Gasteiger partial charge >= 0.3 is 5.97 Å². The van der Waals surface area contributed by atoms with Gasteiger partial charge in [-0.3, -0.25) is 4.79 Å². The van der Waals surface area contributed by atoms with Crippen molar-refractivity contribution in [2.45, 2.75) is 19.8 Å². The minimum Gasteiger partial charge on any atom is -0.478 e. The zero-order chi connectivity index (χ0) is 13.3. The number of carbonyl (C=O) groups is 2. The lowest BCUT2D eigenvalue weighted by atomic mass is 10.1. The molecule has 0 aromatic heterocycles. The van der Waals surface area contributed by atoms with Gasteiger partial charge in [0.1, 0.15) is 0 Å². The van der Waals surface area contributed by atoms with Crippen molar-refractivity contribution >= 4 is 27.8 Å². The van der Waals surface area contributed by atoms with Gasteiger partial charge in [-0.15, -0.1) is 0 Å². The lowest BCUT2D eigenvalue weighted by molar-refractivity contribution is 0.0697. The number of amides is 1. The Morgan fingerprint density at radius 2 is 1.94 bits per heavy atom. The molecule has 1 aromatic carbocycles. The Bertz CT molecular complexity index is 509. The molecule has 0 heterocycles. The van der Waals surface area contributed by atoms with Crippen LogP contribution < -0.4 is 5.32 Å². The van der Waals surface area contributed by atoms with Gasteiger partial charge in [-0.05, 0) is 36.5 Å². The van der Waals surface area contributed by atoms with Crippen molar-refractivity contribution in [1.29, 1.82) is 0 Å². The van der Waals surface area contributed by atoms with Crippen molar-refractivity contribution < 1.29 is 14.7 Å². The molecule has 0 unspecified atom stereocenters. The number of rotatable bonds is 4. The highest BCUT2D eigenvalue weighted by Gasteiger charge is 2.37. The molecule has 0 aliphatic heterocycles. The summed E-state index contributed by atoms with van der Waals surface area (Å²) in [4.78, 5) is 22.8. The summed E-state index contributed by atoms with van der Waals surface area (Å²) in [6, 6.07) is 4.48. The summed E-state index contributed by atoms with van der Waals surface area (Å²) in [5.74, 6) is -1.27. The van der Waals surface area contributed by atoms with Gasteiger partial charge in [0.05, 0.1) is 5.56 Å². The monoisotopic (exact) mass is 311 g/mol. The molecule has 0 radical (unpaired) electrons. The highest BCUT2D eigenvalue weighted by molar-refractivity contribution is 9.10. The van der Waals surface area contributed by atoms with Gasteiger partial charge in [0.25, 0.3) is 5.91 Å². The number of benzene rings is 1. The summed E-state index contributed by atoms with van der Waals surface area (Å²) < 4.78 is 0.588. The first kappa shape index (κ1) is 13.1. The van der Waals surface area contributed by atoms with E-state index in [-0.39, 0.29) is 16.9 Å². The van der Waals surface area contributed by atoms with E-state index in [0.717, 1.165) is 12.8 Å². The van der Waals surface area contributed by atoms with Gasteiger partial charge in [-0.25, -0.2) is 4.79 Å². The molecule has 2 rings (SSSR count). The first-order valence-electron chi connectivity index (χ1n) is 5.72. The van der Waals surface area contributed by atoms with E-state index in [0.29, 0.717) is 16.6 Å². The third kappa shape index (κ3) is 3.10. The Hall–Kier alpha value is -1.36. The van der Waals surface area contributed by atoms with E-state index in [1.54, 1.807) is 6.07 Å². The zero-order valence-electron chi connectivity index (χ0n) is 10.00. The van der Waals surface area contributed by atoms with Crippen LogP contribution in [0.5, 0.6) is 0 Å². The average Bonchev–Trinajstić information content (AvgIpc) is 3.04. The summed E-state index contributed by atoms with van der Waals surface area (Å²) in [6.45, 7) is 2.76. The predicted octanol–water partition coefficient (Wildman–Crippen LogP) is 2.68. The first-order valence-corrected chi connectivity index (χ1v) is 6.51. The highest BCUT2D eigenvalue weighted by atomic mass is 79.9. The molecule has 5 heteroatoms. The van der Waals surface area contributed by atoms with Crippen molar-refractivity contribution in [2.24, 2.45) is 5.41 Å². The molecule has 2 N–H and O–H groups in total. The third-order valence-electron chi connectivity index (χ3n) is 3.19. The molecular weight excluding hydrogens is 298 g/mol. The van der Waals surface area contributed by atoms with Crippen LogP contribution >= 0.6 is 15.9 Å². The fraction of sp³-hybridized carbons (Fsp3) is 0.385. The van der Waals surface area contributed by atoms with Crippen LogP contribution in [0.4, 0.5) is 0 Å². The molecule has 1 amide bonds. The maximum Gasteiger partial charge on any atom is 0.335 e. The molecule has 0 saturated heterocycles. The highest BCUT2D eigenvalue weighted by Crippen LogP contribution is 2.44. The van der Waals surface area contributed by atoms with Gasteiger partial charge in [0.15, 0.2) is 0 Å². The van der Waals surface area contributed by atoms with Crippen molar-refractivity contribution in [1.82, 2.24) is 5.32 Å². The van der Waals surface area contributed by atoms with Crippen molar-refractivity contribution in [3.05, 3.63) is 33.8 Å². The summed E-state index contributed by atoms with van der Waals surface area (Å²) >= 11 is 3.21. The van der Waals surface area contributed by atoms with Crippen LogP contribution in [0.2, 0.25) is 0 Å². The molecule has 1 aliphatic carbocycles. The average molecular weight is 312 g/mol. The van der Waals surface area contributed by atoms with Crippen molar-refractivity contribution in [2.75, 3.05) is 6.54 Å². The molecule has 1 aromatic rings. The number of carboxylic acids is 1. The maximum atomic E-state index is 11.9. The van der Waals surface area contributed by atoms with Crippen LogP contribution in [0.15, 0.2) is 22.7 Å². The quantitative estimate of drug-likeness (QED) is 0.898. The van der Waals surface area contributed by atoms with E-state index in [1.165, 1.54) is 12.1 Å². The number of nitrogens with one attached hydrogen (secondary N) is 1. The van der Waals surface area contributed by atoms with E-state index in [9.17, 15) is 9.59 Å². The summed E-state index contributed by atoms with van der Waals surface area (Å²) in [5, 5.41) is 11.8. The molecule has 1 fully saturated rings. The number of halogens is 1. The number of hydrogen-bond donors (Lipinski definition) is 2. The van der Waals surface area contributed by atoms with E-state index in [2.05, 4.69) is 28.2 Å². The topological polar surface area (TPSA) is 66.4 Å². The standard InChI is InChI=1S/C13H14BrNO3/c1-13(2-3-13)7-15-11(16)8-4-9(12(17)18)6-10(14)5-8/h4-6H,2-3,7H2,1H3,(H,15,16)(H,17,18). The Labute approximate surface area is 114 Å². The Balaban J connectivity index is 2.11. The van der Waals surface area contributed by atoms with E-state index in [4.69, 9.17) is 5.11 Å². The van der Waals surface area contributed by atoms with E-state index >= 15 is 0 Å². The molecule has 4 nitrogen and oxygen atoms in total. The first-order chi connectivity index (χ1) is 8.39. The molecule has 0 atom stereocenters. The molecule has 1 aliphatic rings. The summed E-state index contributed by atoms with van der Waals surface area (Å²) in [6.07, 6.45) is 2.26. The van der Waals surface area contributed by atoms with Crippen LogP contribution in [0, 0.1) is 5.41 Å². The van der Waals surface area contributed by atoms with Crippen LogP contribution in [0.3, 0.4) is 0 Å². The lowest BCUT2D eigenvalue weighted by Gasteiger charge is -2.10. The maximum absolute atomic E-state index is 11.9. The molecule has 0 bridgehead atoms. The molecule has 1 saturated carbocycles. The van der Waals surface area contributed by atoms with Gasteiger partial charge < -0.3 is 10.4 Å². The van der Waals surface area contributed by atoms with Gasteiger partial charge in [0.2, 0.25) is 0 Å². The normalized spacial score (nSPS) is 16.1. The smallest absolute Gasteiger partial charge is 0.335 e. The van der Waals surface area contributed by atoms with Crippen LogP contribution in [-0.2, 0) is 0 Å². The fourth-order valence-corrected chi connectivity index (χ4v) is 2.12. The van der Waals surface area contributed by atoms with Crippen LogP contribution in [0.25, 0.3) is 0 Å². The minimum absolute atomic E-state index is 0.104. The third-order valence-corrected chi connectivity index (χ3v) is 3.64. The fourth-order valence-electron chi connectivity index (χ4n) is 1.63. The molecular formula is C13H14BrNO3. The Morgan fingerprint density at radius 1 is 1.33 bits per heavy atom. The van der Waals surface area contributed by atoms with E-state index in [1.807, 2.05) is 0 Å². The largest absolute Gasteiger partial charge is 0.478 e. The van der Waals surface area contributed by atoms with Gasteiger partial charge in [-0.1, -0.05) is 22.9 Å². The van der Waals surface area contributed by atoms with Crippen LogP contribution in [-0.4, -0.2) is 23.5 Å². The summed E-state index contributed by atoms with van der Waals surface area (Å²) in [5.41, 5.74) is 0.704. The van der Waals surface area contributed by atoms with E-state index < -0.39 is 5.97 Å². The second-order valence-corrected chi connectivity index (χ2v) is 5.94. The van der Waals surface area contributed by atoms with Gasteiger partial charge in [0, 0.05) is 16.6 Å². The Morgan fingerprint density at radius 3 is 2.50 bits per heavy atom. The van der Waals surface area contributed by atoms with Crippen molar-refractivity contribution in [3.8, 4) is 0 Å². The van der Waals surface area contributed by atoms with Crippen LogP contribution in [0.1, 0.15) is 40.5 Å². The lowest BCUT2D eigenvalue weighted by Crippen LogP contribution is -2.29. The predicted molar refractivity (Wildman–Crippen MR) is 70.8 cm³/mol. The Kier molecular flexibility index (Phi) is 3.43. The minimum atomic E-state index is -1.04. The number of aromatic carboxylic acids is 1. The number of carbonyl (C=O) groups excluding carboxylic acids is 1. The van der Waals surface area contributed by atoms with Gasteiger partial charge in [-0.2, -0.15) is 0 Å². The summed E-state index contributed by atoms with van der Waals surface area (Å²) in [7, 11) is 0. The number of hydrogen-bond acceptors (Lipinski definition) is 2. The van der Waals surface area contributed by atoms with Crippen molar-refractivity contribution in [3.63, 3.8) is 0 Å². The molecule has 96 valence electrons. The second-order valence-electron chi connectivity index (χ2n) is 5.03. The number of carboxylic acid groups (broad SMARTS) is 1. The second kappa shape index (κ2) is 4.72. The zero-order valence-corrected chi connectivity index (χ0v) is 11.6. The molecule has 0 spiro atoms. The molecule has 18 heavy (non-hydrogen) atoms. The SMILES string of the molecule is CC1(CNC(=O)c2cc(Br)cc(C(=O)O)c2)CC1.